The number of rotatable bonds is 8. The van der Waals surface area contributed by atoms with Gasteiger partial charge in [0.25, 0.3) is 11.6 Å². The Morgan fingerprint density at radius 1 is 1.10 bits per heavy atom. The molecule has 3 rings (SSSR count). The summed E-state index contributed by atoms with van der Waals surface area (Å²) in [5.41, 5.74) is 0.0983. The lowest BCUT2D eigenvalue weighted by molar-refractivity contribution is -0.384. The summed E-state index contributed by atoms with van der Waals surface area (Å²) in [6.45, 7) is -0.444. The van der Waals surface area contributed by atoms with Crippen molar-refractivity contribution in [3.63, 3.8) is 0 Å². The second-order valence-electron chi connectivity index (χ2n) is 7.24. The van der Waals surface area contributed by atoms with Crippen LogP contribution in [0, 0.1) is 10.1 Å². The van der Waals surface area contributed by atoms with Gasteiger partial charge < -0.3 is 15.4 Å². The zero-order valence-corrected chi connectivity index (χ0v) is 17.1. The van der Waals surface area contributed by atoms with Crippen LogP contribution in [0.5, 0.6) is 0 Å². The Kier molecular flexibility index (Phi) is 6.96. The molecule has 1 fully saturated rings. The fourth-order valence-corrected chi connectivity index (χ4v) is 3.60. The van der Waals surface area contributed by atoms with E-state index in [1.165, 1.54) is 31.3 Å². The molecule has 1 amide bonds. The standard InChI is InChI=1S/C22H23N3O6/c1-23-18-11-10-14(12-19(18)25(29)30)21(27)16-8-4-5-9-17(16)22(28)31-13-20(26)24-15-6-2-3-7-15/h4-5,8-12,15,23H,2-3,6-7,13H2,1H3,(H,24,26). The molecule has 31 heavy (non-hydrogen) atoms. The van der Waals surface area contributed by atoms with E-state index in [1.54, 1.807) is 12.1 Å². The smallest absolute Gasteiger partial charge is 0.339 e. The van der Waals surface area contributed by atoms with Gasteiger partial charge in [-0.05, 0) is 31.0 Å². The van der Waals surface area contributed by atoms with Crippen molar-refractivity contribution < 1.29 is 24.0 Å². The number of nitro benzene ring substituents is 1. The molecule has 0 unspecified atom stereocenters. The zero-order valence-electron chi connectivity index (χ0n) is 17.1. The molecule has 0 aromatic heterocycles. The highest BCUT2D eigenvalue weighted by molar-refractivity contribution is 6.15. The molecule has 0 atom stereocenters. The maximum Gasteiger partial charge on any atom is 0.339 e. The van der Waals surface area contributed by atoms with E-state index in [1.807, 2.05) is 0 Å². The zero-order chi connectivity index (χ0) is 22.4. The first kappa shape index (κ1) is 21.9. The topological polar surface area (TPSA) is 128 Å². The summed E-state index contributed by atoms with van der Waals surface area (Å²) in [6.07, 6.45) is 3.95. The lowest BCUT2D eigenvalue weighted by Crippen LogP contribution is -2.36. The minimum Gasteiger partial charge on any atom is -0.452 e. The van der Waals surface area contributed by atoms with E-state index >= 15 is 0 Å². The van der Waals surface area contributed by atoms with E-state index in [-0.39, 0.29) is 40.0 Å². The Bertz CT molecular complexity index is 1010. The third kappa shape index (κ3) is 5.25. The highest BCUT2D eigenvalue weighted by Crippen LogP contribution is 2.27. The SMILES string of the molecule is CNc1ccc(C(=O)c2ccccc2C(=O)OCC(=O)NC2CCCC2)cc1[N+](=O)[O-]. The molecule has 1 saturated carbocycles. The van der Waals surface area contributed by atoms with E-state index in [9.17, 15) is 24.5 Å². The Labute approximate surface area is 178 Å². The van der Waals surface area contributed by atoms with E-state index in [0.29, 0.717) is 0 Å². The van der Waals surface area contributed by atoms with Crippen molar-refractivity contribution in [2.75, 3.05) is 19.0 Å². The lowest BCUT2D eigenvalue weighted by atomic mass is 9.97. The molecular formula is C22H23N3O6. The van der Waals surface area contributed by atoms with Crippen LogP contribution in [0.15, 0.2) is 42.5 Å². The monoisotopic (exact) mass is 425 g/mol. The summed E-state index contributed by atoms with van der Waals surface area (Å²) in [6, 6.07) is 10.1. The number of nitrogens with one attached hydrogen (secondary N) is 2. The molecule has 9 heteroatoms. The molecule has 0 spiro atoms. The number of benzene rings is 2. The second-order valence-corrected chi connectivity index (χ2v) is 7.24. The third-order valence-corrected chi connectivity index (χ3v) is 5.17. The van der Waals surface area contributed by atoms with Crippen LogP contribution in [-0.2, 0) is 9.53 Å². The maximum absolute atomic E-state index is 13.0. The predicted molar refractivity (Wildman–Crippen MR) is 113 cm³/mol. The van der Waals surface area contributed by atoms with Crippen LogP contribution in [-0.4, -0.2) is 42.3 Å². The summed E-state index contributed by atoms with van der Waals surface area (Å²) in [7, 11) is 1.54. The molecule has 0 aliphatic heterocycles. The summed E-state index contributed by atoms with van der Waals surface area (Å²) in [4.78, 5) is 48.2. The largest absolute Gasteiger partial charge is 0.452 e. The Balaban J connectivity index is 1.75. The fourth-order valence-electron chi connectivity index (χ4n) is 3.60. The molecule has 0 saturated heterocycles. The fraction of sp³-hybridized carbons (Fsp3) is 0.318. The van der Waals surface area contributed by atoms with Crippen molar-refractivity contribution in [3.8, 4) is 0 Å². The molecule has 0 bridgehead atoms. The number of esters is 1. The summed E-state index contributed by atoms with van der Waals surface area (Å²) >= 11 is 0. The van der Waals surface area contributed by atoms with Gasteiger partial charge in [0.05, 0.1) is 10.5 Å². The first-order valence-corrected chi connectivity index (χ1v) is 9.97. The third-order valence-electron chi connectivity index (χ3n) is 5.17. The average Bonchev–Trinajstić information content (AvgIpc) is 3.29. The number of hydrogen-bond acceptors (Lipinski definition) is 7. The van der Waals surface area contributed by atoms with E-state index in [2.05, 4.69) is 10.6 Å². The number of carbonyl (C=O) groups is 3. The molecular weight excluding hydrogens is 402 g/mol. The summed E-state index contributed by atoms with van der Waals surface area (Å²) in [5, 5.41) is 16.8. The Morgan fingerprint density at radius 3 is 2.42 bits per heavy atom. The van der Waals surface area contributed by atoms with Crippen molar-refractivity contribution in [1.82, 2.24) is 5.32 Å². The number of hydrogen-bond donors (Lipinski definition) is 2. The van der Waals surface area contributed by atoms with Crippen LogP contribution in [0.4, 0.5) is 11.4 Å². The summed E-state index contributed by atoms with van der Waals surface area (Å²) in [5.74, 6) is -1.76. The Hall–Kier alpha value is -3.75. The number of carbonyl (C=O) groups excluding carboxylic acids is 3. The van der Waals surface area contributed by atoms with Gasteiger partial charge in [-0.15, -0.1) is 0 Å². The molecule has 162 valence electrons. The molecule has 2 aromatic carbocycles. The number of ether oxygens (including phenoxy) is 1. The van der Waals surface area contributed by atoms with Crippen molar-refractivity contribution in [2.45, 2.75) is 31.7 Å². The van der Waals surface area contributed by atoms with E-state index in [0.717, 1.165) is 31.7 Å². The van der Waals surface area contributed by atoms with Crippen LogP contribution >= 0.6 is 0 Å². The van der Waals surface area contributed by atoms with Crippen molar-refractivity contribution in [1.29, 1.82) is 0 Å². The molecule has 2 aromatic rings. The van der Waals surface area contributed by atoms with Crippen LogP contribution in [0.2, 0.25) is 0 Å². The quantitative estimate of drug-likeness (QED) is 0.288. The van der Waals surface area contributed by atoms with Gasteiger partial charge in [0.2, 0.25) is 0 Å². The number of ketones is 1. The molecule has 9 nitrogen and oxygen atoms in total. The van der Waals surface area contributed by atoms with Crippen molar-refractivity contribution >= 4 is 29.0 Å². The van der Waals surface area contributed by atoms with Gasteiger partial charge in [0.15, 0.2) is 12.4 Å². The van der Waals surface area contributed by atoms with Gasteiger partial charge >= 0.3 is 5.97 Å². The predicted octanol–water partition coefficient (Wildman–Crippen LogP) is 3.08. The summed E-state index contributed by atoms with van der Waals surface area (Å²) < 4.78 is 5.10. The van der Waals surface area contributed by atoms with E-state index in [4.69, 9.17) is 4.74 Å². The normalized spacial score (nSPS) is 13.5. The van der Waals surface area contributed by atoms with Crippen molar-refractivity contribution in [3.05, 3.63) is 69.3 Å². The highest BCUT2D eigenvalue weighted by Gasteiger charge is 2.23. The lowest BCUT2D eigenvalue weighted by Gasteiger charge is -2.13. The van der Waals surface area contributed by atoms with Crippen LogP contribution in [0.1, 0.15) is 52.0 Å². The number of nitrogens with zero attached hydrogens (tertiary/aromatic N) is 1. The Morgan fingerprint density at radius 2 is 1.77 bits per heavy atom. The molecule has 2 N–H and O–H groups in total. The molecule has 0 radical (unpaired) electrons. The minimum absolute atomic E-state index is 0.0125. The minimum atomic E-state index is -0.813. The average molecular weight is 425 g/mol. The van der Waals surface area contributed by atoms with Crippen LogP contribution in [0.3, 0.4) is 0 Å². The maximum atomic E-state index is 13.0. The molecule has 1 aliphatic carbocycles. The van der Waals surface area contributed by atoms with Gasteiger partial charge in [0, 0.05) is 30.3 Å². The van der Waals surface area contributed by atoms with Crippen LogP contribution < -0.4 is 10.6 Å². The molecule has 1 aliphatic rings. The van der Waals surface area contributed by atoms with Gasteiger partial charge in [0.1, 0.15) is 5.69 Å². The van der Waals surface area contributed by atoms with Gasteiger partial charge in [-0.25, -0.2) is 4.79 Å². The molecule has 0 heterocycles. The van der Waals surface area contributed by atoms with Gasteiger partial charge in [-0.1, -0.05) is 31.0 Å². The number of amides is 1. The van der Waals surface area contributed by atoms with Gasteiger partial charge in [-0.2, -0.15) is 0 Å². The van der Waals surface area contributed by atoms with E-state index < -0.39 is 23.3 Å². The highest BCUT2D eigenvalue weighted by atomic mass is 16.6. The number of anilines is 1. The first-order valence-electron chi connectivity index (χ1n) is 9.97. The second kappa shape index (κ2) is 9.84. The number of nitro groups is 1. The van der Waals surface area contributed by atoms with Crippen molar-refractivity contribution in [2.24, 2.45) is 0 Å². The van der Waals surface area contributed by atoms with Gasteiger partial charge in [-0.3, -0.25) is 19.7 Å². The first-order chi connectivity index (χ1) is 14.9. The van der Waals surface area contributed by atoms with Crippen LogP contribution in [0.25, 0.3) is 0 Å².